The van der Waals surface area contributed by atoms with Gasteiger partial charge in [-0.05, 0) is 12.8 Å². The molecule has 1 aliphatic rings. The molecule has 1 fully saturated rings. The largest absolute Gasteiger partial charge is 0.481 e. The van der Waals surface area contributed by atoms with Crippen molar-refractivity contribution >= 4 is 17.9 Å². The zero-order valence-electron chi connectivity index (χ0n) is 10.3. The van der Waals surface area contributed by atoms with E-state index < -0.39 is 29.7 Å². The molecule has 2 unspecified atom stereocenters. The number of carboxylic acid groups (broad SMARTS) is 2. The number of esters is 1. The molecule has 18 heavy (non-hydrogen) atoms. The molecular formula is C12H18O6. The summed E-state index contributed by atoms with van der Waals surface area (Å²) in [5.74, 6) is -3.67. The number of carbonyl (C=O) groups excluding carboxylic acids is 1. The predicted octanol–water partition coefficient (Wildman–Crippen LogP) is 1.31. The van der Waals surface area contributed by atoms with Crippen molar-refractivity contribution in [1.29, 1.82) is 0 Å². The lowest BCUT2D eigenvalue weighted by Crippen LogP contribution is -2.32. The zero-order chi connectivity index (χ0) is 14.1. The molecule has 0 aromatic carbocycles. The zero-order valence-corrected chi connectivity index (χ0v) is 10.3. The SMILES string of the molecule is C=CC(=O)OC.O=C(O)C1CCCCC1C(=O)O. The van der Waals surface area contributed by atoms with Gasteiger partial charge in [0, 0.05) is 6.08 Å². The molecule has 102 valence electrons. The summed E-state index contributed by atoms with van der Waals surface area (Å²) in [6.07, 6.45) is 3.79. The van der Waals surface area contributed by atoms with E-state index in [-0.39, 0.29) is 0 Å². The summed E-state index contributed by atoms with van der Waals surface area (Å²) >= 11 is 0. The third-order valence-corrected chi connectivity index (χ3v) is 2.77. The standard InChI is InChI=1S/C8H12O4.C4H6O2/c9-7(10)5-3-1-2-4-6(5)8(11)12;1-3-4(5)6-2/h5-6H,1-4H2,(H,9,10)(H,11,12);3H,1H2,2H3. The molecule has 1 rings (SSSR count). The molecule has 0 saturated heterocycles. The minimum atomic E-state index is -0.970. The second-order valence-corrected chi connectivity index (χ2v) is 3.90. The number of carboxylic acids is 2. The number of hydrogen-bond acceptors (Lipinski definition) is 4. The van der Waals surface area contributed by atoms with Crippen LogP contribution in [0.25, 0.3) is 0 Å². The van der Waals surface area contributed by atoms with Crippen LogP contribution in [-0.4, -0.2) is 35.2 Å². The van der Waals surface area contributed by atoms with Crippen molar-refractivity contribution in [2.45, 2.75) is 25.7 Å². The van der Waals surface area contributed by atoms with E-state index in [1.165, 1.54) is 7.11 Å². The first-order valence-corrected chi connectivity index (χ1v) is 5.60. The average Bonchev–Trinajstić information content (AvgIpc) is 2.38. The molecule has 0 radical (unpaired) electrons. The highest BCUT2D eigenvalue weighted by molar-refractivity contribution is 5.81. The van der Waals surface area contributed by atoms with Crippen molar-refractivity contribution in [3.05, 3.63) is 12.7 Å². The Morgan fingerprint density at radius 2 is 1.50 bits per heavy atom. The number of hydrogen-bond donors (Lipinski definition) is 2. The fraction of sp³-hybridized carbons (Fsp3) is 0.583. The van der Waals surface area contributed by atoms with Crippen LogP contribution in [0.3, 0.4) is 0 Å². The second-order valence-electron chi connectivity index (χ2n) is 3.90. The topological polar surface area (TPSA) is 101 Å². The molecule has 2 N–H and O–H groups in total. The fourth-order valence-corrected chi connectivity index (χ4v) is 1.81. The lowest BCUT2D eigenvalue weighted by atomic mass is 9.79. The first-order valence-electron chi connectivity index (χ1n) is 5.60. The third kappa shape index (κ3) is 5.47. The maximum Gasteiger partial charge on any atom is 0.329 e. The van der Waals surface area contributed by atoms with Crippen molar-refractivity contribution < 1.29 is 29.3 Å². The van der Waals surface area contributed by atoms with E-state index >= 15 is 0 Å². The third-order valence-electron chi connectivity index (χ3n) is 2.77. The predicted molar refractivity (Wildman–Crippen MR) is 62.9 cm³/mol. The molecule has 0 aliphatic heterocycles. The van der Waals surface area contributed by atoms with Crippen molar-refractivity contribution in [3.63, 3.8) is 0 Å². The molecule has 1 aliphatic carbocycles. The molecule has 1 saturated carbocycles. The first-order chi connectivity index (χ1) is 8.43. The summed E-state index contributed by atoms with van der Waals surface area (Å²) in [6.45, 7) is 3.16. The van der Waals surface area contributed by atoms with Crippen LogP contribution in [0.2, 0.25) is 0 Å². The van der Waals surface area contributed by atoms with Crippen LogP contribution < -0.4 is 0 Å². The van der Waals surface area contributed by atoms with Gasteiger partial charge in [-0.15, -0.1) is 0 Å². The van der Waals surface area contributed by atoms with Crippen molar-refractivity contribution in [1.82, 2.24) is 0 Å². The van der Waals surface area contributed by atoms with Gasteiger partial charge in [-0.2, -0.15) is 0 Å². The summed E-state index contributed by atoms with van der Waals surface area (Å²) in [6, 6.07) is 0. The number of ether oxygens (including phenoxy) is 1. The normalized spacial score (nSPS) is 22.1. The van der Waals surface area contributed by atoms with E-state index in [1.807, 2.05) is 0 Å². The lowest BCUT2D eigenvalue weighted by molar-refractivity contribution is -0.155. The Labute approximate surface area is 105 Å². The van der Waals surface area contributed by atoms with E-state index in [0.29, 0.717) is 12.8 Å². The molecule has 0 heterocycles. The Kier molecular flexibility index (Phi) is 7.42. The van der Waals surface area contributed by atoms with E-state index in [0.717, 1.165) is 18.9 Å². The molecular weight excluding hydrogens is 240 g/mol. The minimum absolute atomic E-state index is 0.394. The summed E-state index contributed by atoms with van der Waals surface area (Å²) in [5, 5.41) is 17.4. The van der Waals surface area contributed by atoms with Gasteiger partial charge in [0.2, 0.25) is 0 Å². The Balaban J connectivity index is 0.000000411. The average molecular weight is 258 g/mol. The van der Waals surface area contributed by atoms with Gasteiger partial charge in [-0.1, -0.05) is 19.4 Å². The maximum absolute atomic E-state index is 10.6. The number of carbonyl (C=O) groups is 3. The molecule has 2 atom stereocenters. The van der Waals surface area contributed by atoms with Crippen LogP contribution in [0.1, 0.15) is 25.7 Å². The van der Waals surface area contributed by atoms with E-state index in [4.69, 9.17) is 10.2 Å². The van der Waals surface area contributed by atoms with Crippen LogP contribution in [-0.2, 0) is 19.1 Å². The first kappa shape index (κ1) is 16.1. The van der Waals surface area contributed by atoms with Crippen LogP contribution >= 0.6 is 0 Å². The maximum atomic E-state index is 10.6. The van der Waals surface area contributed by atoms with Crippen LogP contribution in [0, 0.1) is 11.8 Å². The van der Waals surface area contributed by atoms with Crippen molar-refractivity contribution in [2.24, 2.45) is 11.8 Å². The van der Waals surface area contributed by atoms with Gasteiger partial charge in [-0.25, -0.2) is 4.79 Å². The van der Waals surface area contributed by atoms with Gasteiger partial charge < -0.3 is 14.9 Å². The second kappa shape index (κ2) is 8.27. The summed E-state index contributed by atoms with van der Waals surface area (Å²) < 4.78 is 4.14. The van der Waals surface area contributed by atoms with Crippen molar-refractivity contribution in [3.8, 4) is 0 Å². The molecule has 0 amide bonds. The highest BCUT2D eigenvalue weighted by atomic mass is 16.5. The Hall–Kier alpha value is -1.85. The van der Waals surface area contributed by atoms with E-state index in [2.05, 4.69) is 11.3 Å². The van der Waals surface area contributed by atoms with E-state index in [1.54, 1.807) is 0 Å². The quantitative estimate of drug-likeness (QED) is 0.584. The van der Waals surface area contributed by atoms with Gasteiger partial charge in [0.25, 0.3) is 0 Å². The van der Waals surface area contributed by atoms with Crippen molar-refractivity contribution in [2.75, 3.05) is 7.11 Å². The molecule has 6 nitrogen and oxygen atoms in total. The lowest BCUT2D eigenvalue weighted by Gasteiger charge is -2.24. The van der Waals surface area contributed by atoms with Crippen LogP contribution in [0.15, 0.2) is 12.7 Å². The molecule has 0 aromatic rings. The minimum Gasteiger partial charge on any atom is -0.481 e. The summed E-state index contributed by atoms with van der Waals surface area (Å²) in [7, 11) is 1.31. The molecule has 0 bridgehead atoms. The van der Waals surface area contributed by atoms with Gasteiger partial charge in [0.1, 0.15) is 0 Å². The Morgan fingerprint density at radius 3 is 1.67 bits per heavy atom. The number of rotatable bonds is 3. The van der Waals surface area contributed by atoms with Gasteiger partial charge >= 0.3 is 17.9 Å². The van der Waals surface area contributed by atoms with E-state index in [9.17, 15) is 14.4 Å². The molecule has 0 spiro atoms. The van der Waals surface area contributed by atoms with Gasteiger partial charge in [-0.3, -0.25) is 9.59 Å². The Bertz CT molecular complexity index is 301. The molecule has 6 heteroatoms. The fourth-order valence-electron chi connectivity index (χ4n) is 1.81. The number of methoxy groups -OCH3 is 1. The summed E-state index contributed by atoms with van der Waals surface area (Å²) in [5.41, 5.74) is 0. The Morgan fingerprint density at radius 1 is 1.11 bits per heavy atom. The summed E-state index contributed by atoms with van der Waals surface area (Å²) in [4.78, 5) is 31.1. The highest BCUT2D eigenvalue weighted by Crippen LogP contribution is 2.30. The molecule has 0 aromatic heterocycles. The van der Waals surface area contributed by atoms with Gasteiger partial charge in [0.15, 0.2) is 0 Å². The smallest absolute Gasteiger partial charge is 0.329 e. The monoisotopic (exact) mass is 258 g/mol. The van der Waals surface area contributed by atoms with Crippen LogP contribution in [0.5, 0.6) is 0 Å². The highest BCUT2D eigenvalue weighted by Gasteiger charge is 2.35. The number of aliphatic carboxylic acids is 2. The van der Waals surface area contributed by atoms with Crippen LogP contribution in [0.4, 0.5) is 0 Å². The van der Waals surface area contributed by atoms with Gasteiger partial charge in [0.05, 0.1) is 18.9 Å².